The minimum atomic E-state index is 0.744. The van der Waals surface area contributed by atoms with Crippen LogP contribution >= 0.6 is 0 Å². The monoisotopic (exact) mass is 555 g/mol. The van der Waals surface area contributed by atoms with Crippen LogP contribution in [0, 0.1) is 13.8 Å². The molecule has 0 N–H and O–H groups in total. The van der Waals surface area contributed by atoms with E-state index in [1.165, 1.54) is 5.39 Å². The molecule has 204 valence electrons. The summed E-state index contributed by atoms with van der Waals surface area (Å²) in [6, 6.07) is 35.4. The number of ether oxygens (including phenoxy) is 1. The molecule has 0 aliphatic heterocycles. The number of imidazole rings is 2. The van der Waals surface area contributed by atoms with Gasteiger partial charge in [-0.1, -0.05) is 48.5 Å². The van der Waals surface area contributed by atoms with Crippen LogP contribution < -0.4 is 4.74 Å². The number of fused-ring (bicyclic) bond motifs is 12. The number of hydrogen-bond donors (Lipinski definition) is 0. The Morgan fingerprint density at radius 3 is 2.09 bits per heavy atom. The molecule has 0 atom stereocenters. The molecular weight excluding hydrogens is 530 g/mol. The van der Waals surface area contributed by atoms with Gasteiger partial charge in [0.25, 0.3) is 0 Å². The molecule has 0 unspecified atom stereocenters. The maximum atomic E-state index is 6.56. The fraction of sp³-hybridized carbons (Fsp3) is 0.0541. The predicted octanol–water partition coefficient (Wildman–Crippen LogP) is 9.07. The lowest BCUT2D eigenvalue weighted by Crippen LogP contribution is -1.94. The first-order valence-corrected chi connectivity index (χ1v) is 14.4. The number of nitrogens with zero attached hydrogens (tertiary/aromatic N) is 5. The van der Waals surface area contributed by atoms with Crippen LogP contribution in [-0.4, -0.2) is 23.8 Å². The van der Waals surface area contributed by atoms with Crippen LogP contribution in [0.5, 0.6) is 11.5 Å². The van der Waals surface area contributed by atoms with Gasteiger partial charge in [-0.3, -0.25) is 8.80 Å². The van der Waals surface area contributed by atoms with Gasteiger partial charge in [0.05, 0.1) is 16.9 Å². The summed E-state index contributed by atoms with van der Waals surface area (Å²) in [6.07, 6.45) is 3.90. The zero-order valence-electron chi connectivity index (χ0n) is 23.6. The van der Waals surface area contributed by atoms with Gasteiger partial charge >= 0.3 is 0 Å². The van der Waals surface area contributed by atoms with Crippen molar-refractivity contribution in [2.75, 3.05) is 0 Å². The third kappa shape index (κ3) is 3.50. The van der Waals surface area contributed by atoms with Crippen molar-refractivity contribution < 1.29 is 4.74 Å². The van der Waals surface area contributed by atoms with Crippen molar-refractivity contribution in [2.24, 2.45) is 0 Å². The maximum absolute atomic E-state index is 6.56. The second-order valence-corrected chi connectivity index (χ2v) is 11.0. The van der Waals surface area contributed by atoms with Gasteiger partial charge in [0.15, 0.2) is 0 Å². The maximum Gasteiger partial charge on any atom is 0.147 e. The molecule has 0 aliphatic rings. The lowest BCUT2D eigenvalue weighted by atomic mass is 10.1. The van der Waals surface area contributed by atoms with Crippen LogP contribution in [0.2, 0.25) is 0 Å². The summed E-state index contributed by atoms with van der Waals surface area (Å²) in [4.78, 5) is 14.8. The fourth-order valence-electron chi connectivity index (χ4n) is 6.41. The molecule has 6 nitrogen and oxygen atoms in total. The SMILES string of the molecule is Cc1nc2c3cc(Oc4ccc5c6cccnc6n6cc(-c7ccccc7)nc6c5c4)ccc3c3ccccc3n2c1C. The summed E-state index contributed by atoms with van der Waals surface area (Å²) in [7, 11) is 0. The van der Waals surface area contributed by atoms with Crippen LogP contribution in [0.3, 0.4) is 0 Å². The Morgan fingerprint density at radius 2 is 1.28 bits per heavy atom. The first-order chi connectivity index (χ1) is 21.1. The van der Waals surface area contributed by atoms with Gasteiger partial charge in [-0.25, -0.2) is 15.0 Å². The summed E-state index contributed by atoms with van der Waals surface area (Å²) in [6.45, 7) is 4.19. The van der Waals surface area contributed by atoms with Gasteiger partial charge in [-0.2, -0.15) is 0 Å². The number of rotatable bonds is 3. The van der Waals surface area contributed by atoms with Crippen molar-refractivity contribution in [2.45, 2.75) is 13.8 Å². The van der Waals surface area contributed by atoms with Crippen molar-refractivity contribution in [3.63, 3.8) is 0 Å². The summed E-state index contributed by atoms with van der Waals surface area (Å²) in [5.74, 6) is 1.50. The van der Waals surface area contributed by atoms with E-state index in [0.29, 0.717) is 0 Å². The Labute approximate surface area is 246 Å². The average Bonchev–Trinajstić information content (AvgIpc) is 3.64. The normalized spacial score (nSPS) is 12.0. The van der Waals surface area contributed by atoms with E-state index in [1.54, 1.807) is 0 Å². The molecule has 6 heteroatoms. The van der Waals surface area contributed by atoms with Crippen LogP contribution in [0.15, 0.2) is 116 Å². The van der Waals surface area contributed by atoms with Crippen LogP contribution in [0.1, 0.15) is 11.4 Å². The van der Waals surface area contributed by atoms with E-state index in [-0.39, 0.29) is 0 Å². The zero-order valence-corrected chi connectivity index (χ0v) is 23.6. The molecule has 5 heterocycles. The number of aryl methyl sites for hydroxylation is 2. The lowest BCUT2D eigenvalue weighted by molar-refractivity contribution is 0.484. The number of para-hydroxylation sites is 1. The first-order valence-electron chi connectivity index (χ1n) is 14.4. The molecule has 0 saturated carbocycles. The summed E-state index contributed by atoms with van der Waals surface area (Å²) in [5, 5.41) is 6.58. The molecule has 5 aromatic heterocycles. The van der Waals surface area contributed by atoms with Gasteiger partial charge in [0.2, 0.25) is 0 Å². The molecule has 0 fully saturated rings. The minimum Gasteiger partial charge on any atom is -0.457 e. The van der Waals surface area contributed by atoms with Crippen LogP contribution in [0.4, 0.5) is 0 Å². The Balaban J connectivity index is 1.23. The van der Waals surface area contributed by atoms with E-state index in [2.05, 4.69) is 95.6 Å². The Hall–Kier alpha value is -5.75. The van der Waals surface area contributed by atoms with Crippen molar-refractivity contribution in [1.82, 2.24) is 23.8 Å². The highest BCUT2D eigenvalue weighted by molar-refractivity contribution is 6.13. The molecule has 0 bridgehead atoms. The summed E-state index contributed by atoms with van der Waals surface area (Å²) < 4.78 is 10.9. The summed E-state index contributed by atoms with van der Waals surface area (Å²) >= 11 is 0. The number of aromatic nitrogens is 5. The van der Waals surface area contributed by atoms with E-state index in [0.717, 1.165) is 83.5 Å². The van der Waals surface area contributed by atoms with Gasteiger partial charge in [-0.15, -0.1) is 0 Å². The average molecular weight is 556 g/mol. The molecule has 0 radical (unpaired) electrons. The molecule has 0 saturated heterocycles. The van der Waals surface area contributed by atoms with Crippen molar-refractivity contribution in [1.29, 1.82) is 0 Å². The minimum absolute atomic E-state index is 0.744. The van der Waals surface area contributed by atoms with Gasteiger partial charge in [0, 0.05) is 45.2 Å². The van der Waals surface area contributed by atoms with E-state index in [4.69, 9.17) is 19.7 Å². The zero-order chi connectivity index (χ0) is 28.7. The molecule has 9 aromatic rings. The fourth-order valence-corrected chi connectivity index (χ4v) is 6.41. The Bertz CT molecular complexity index is 2560. The van der Waals surface area contributed by atoms with Gasteiger partial charge < -0.3 is 4.74 Å². The first kappa shape index (κ1) is 23.9. The Kier molecular flexibility index (Phi) is 4.93. The Morgan fingerprint density at radius 1 is 0.581 bits per heavy atom. The number of benzene rings is 4. The molecule has 9 rings (SSSR count). The second kappa shape index (κ2) is 8.87. The predicted molar refractivity (Wildman–Crippen MR) is 173 cm³/mol. The third-order valence-corrected chi connectivity index (χ3v) is 8.56. The third-order valence-electron chi connectivity index (χ3n) is 8.56. The second-order valence-electron chi connectivity index (χ2n) is 11.0. The van der Waals surface area contributed by atoms with Gasteiger partial charge in [-0.05, 0) is 79.2 Å². The molecule has 43 heavy (non-hydrogen) atoms. The van der Waals surface area contributed by atoms with E-state index in [9.17, 15) is 0 Å². The topological polar surface area (TPSA) is 56.7 Å². The molecule has 4 aromatic carbocycles. The number of hydrogen-bond acceptors (Lipinski definition) is 4. The van der Waals surface area contributed by atoms with E-state index >= 15 is 0 Å². The highest BCUT2D eigenvalue weighted by Crippen LogP contribution is 2.37. The van der Waals surface area contributed by atoms with Crippen LogP contribution in [0.25, 0.3) is 66.0 Å². The lowest BCUT2D eigenvalue weighted by Gasteiger charge is -2.12. The largest absolute Gasteiger partial charge is 0.457 e. The van der Waals surface area contributed by atoms with Crippen molar-refractivity contribution >= 4 is 54.8 Å². The highest BCUT2D eigenvalue weighted by atomic mass is 16.5. The quantitative estimate of drug-likeness (QED) is 0.204. The van der Waals surface area contributed by atoms with Crippen LogP contribution in [-0.2, 0) is 0 Å². The molecular formula is C37H25N5O. The van der Waals surface area contributed by atoms with E-state index < -0.39 is 0 Å². The highest BCUT2D eigenvalue weighted by Gasteiger charge is 2.17. The molecule has 0 spiro atoms. The van der Waals surface area contributed by atoms with Gasteiger partial charge in [0.1, 0.15) is 28.4 Å². The number of pyridine rings is 3. The van der Waals surface area contributed by atoms with Crippen molar-refractivity contribution in [3.05, 3.63) is 127 Å². The van der Waals surface area contributed by atoms with E-state index in [1.807, 2.05) is 42.6 Å². The standard InChI is InChI=1S/C37H25N5O/c1-22-23(2)42-34-13-7-6-11-29(34)27-16-14-26(20-32(27)37(42)39-22)43-25-15-17-28-30-12-8-18-38-35(30)41-21-33(24-9-4-3-5-10-24)40-36(41)31(28)19-25/h3-21H,1-2H3. The molecule has 0 amide bonds. The summed E-state index contributed by atoms with van der Waals surface area (Å²) in [5.41, 5.74) is 7.97. The smallest absolute Gasteiger partial charge is 0.147 e. The van der Waals surface area contributed by atoms with Crippen molar-refractivity contribution in [3.8, 4) is 22.8 Å². The molecule has 0 aliphatic carbocycles.